The van der Waals surface area contributed by atoms with Gasteiger partial charge < -0.3 is 14.8 Å². The van der Waals surface area contributed by atoms with E-state index in [1.807, 2.05) is 13.8 Å². The number of imide groups is 1. The van der Waals surface area contributed by atoms with Crippen LogP contribution in [0.3, 0.4) is 0 Å². The van der Waals surface area contributed by atoms with Gasteiger partial charge in [-0.15, -0.1) is 0 Å². The van der Waals surface area contributed by atoms with E-state index in [4.69, 9.17) is 44.3 Å². The van der Waals surface area contributed by atoms with Crippen LogP contribution in [0.4, 0.5) is 4.79 Å². The Labute approximate surface area is 199 Å². The molecule has 0 aromatic carbocycles. The lowest BCUT2D eigenvalue weighted by Crippen LogP contribution is -2.55. The Kier molecular flexibility index (Phi) is 9.98. The maximum atomic E-state index is 13.5. The quantitative estimate of drug-likeness (QED) is 0.476. The molecule has 31 heavy (non-hydrogen) atoms. The van der Waals surface area contributed by atoms with Gasteiger partial charge in [0, 0.05) is 6.08 Å². The van der Waals surface area contributed by atoms with Crippen LogP contribution in [-0.4, -0.2) is 51.4 Å². The van der Waals surface area contributed by atoms with Gasteiger partial charge in [-0.2, -0.15) is 0 Å². The first kappa shape index (κ1) is 27.9. The van der Waals surface area contributed by atoms with Gasteiger partial charge in [0.1, 0.15) is 17.4 Å². The predicted molar refractivity (Wildman–Crippen MR) is 122 cm³/mol. The number of hydrogen-bond donors (Lipinski definition) is 1. The molecule has 0 saturated carbocycles. The van der Waals surface area contributed by atoms with Gasteiger partial charge in [-0.1, -0.05) is 55.6 Å². The fourth-order valence-electron chi connectivity index (χ4n) is 3.28. The van der Waals surface area contributed by atoms with Crippen molar-refractivity contribution in [3.05, 3.63) is 11.8 Å². The number of nitrogens with one attached hydrogen (secondary N) is 1. The van der Waals surface area contributed by atoms with E-state index in [1.165, 1.54) is 13.2 Å². The summed E-state index contributed by atoms with van der Waals surface area (Å²) in [5.74, 6) is -0.866. The molecule has 0 spiro atoms. The van der Waals surface area contributed by atoms with Crippen LogP contribution in [-0.2, 0) is 19.1 Å². The van der Waals surface area contributed by atoms with Gasteiger partial charge >= 0.3 is 6.09 Å². The summed E-state index contributed by atoms with van der Waals surface area (Å²) in [7, 11) is 1.46. The molecule has 1 aliphatic heterocycles. The molecule has 1 aliphatic rings. The van der Waals surface area contributed by atoms with E-state index >= 15 is 0 Å². The lowest BCUT2D eigenvalue weighted by Gasteiger charge is -2.33. The number of rotatable bonds is 8. The van der Waals surface area contributed by atoms with Gasteiger partial charge in [0.25, 0.3) is 11.8 Å². The molecule has 7 nitrogen and oxygen atoms in total. The van der Waals surface area contributed by atoms with E-state index in [9.17, 15) is 14.4 Å². The van der Waals surface area contributed by atoms with Crippen molar-refractivity contribution in [3.8, 4) is 0 Å². The Morgan fingerprint density at radius 3 is 2.23 bits per heavy atom. The standard InChI is InChI=1S/C21H33Cl3N2O5/c1-12(2)10-14-15(30-7)11-16(27)26(14)18(28)17(13(3)8-9-21(22,23)24)25-19(29)31-20(4,5)6/h11-14,17H,8-10H2,1-7H3,(H,25,29). The maximum Gasteiger partial charge on any atom is 0.408 e. The summed E-state index contributed by atoms with van der Waals surface area (Å²) in [4.78, 5) is 39.8. The third-order valence-corrected chi connectivity index (χ3v) is 5.27. The molecular weight excluding hydrogens is 467 g/mol. The molecule has 0 radical (unpaired) electrons. The van der Waals surface area contributed by atoms with Crippen LogP contribution in [0.15, 0.2) is 11.8 Å². The van der Waals surface area contributed by atoms with Crippen molar-refractivity contribution in [2.45, 2.75) is 82.3 Å². The summed E-state index contributed by atoms with van der Waals surface area (Å²) >= 11 is 17.6. The molecule has 1 N–H and O–H groups in total. The van der Waals surface area contributed by atoms with Gasteiger partial charge in [0.05, 0.1) is 13.2 Å². The van der Waals surface area contributed by atoms with Crippen molar-refractivity contribution in [2.24, 2.45) is 11.8 Å². The third-order valence-electron chi connectivity index (χ3n) is 4.70. The number of carbonyl (C=O) groups is 3. The highest BCUT2D eigenvalue weighted by atomic mass is 35.6. The molecular formula is C21H33Cl3N2O5. The second-order valence-electron chi connectivity index (χ2n) is 9.20. The smallest absolute Gasteiger partial charge is 0.408 e. The van der Waals surface area contributed by atoms with Crippen LogP contribution >= 0.6 is 34.8 Å². The summed E-state index contributed by atoms with van der Waals surface area (Å²) in [6.07, 6.45) is 1.56. The molecule has 1 heterocycles. The minimum atomic E-state index is -1.50. The normalized spacial score (nSPS) is 19.2. The zero-order chi connectivity index (χ0) is 24.1. The number of alkyl halides is 3. The zero-order valence-electron chi connectivity index (χ0n) is 19.1. The monoisotopic (exact) mass is 498 g/mol. The average Bonchev–Trinajstić information content (AvgIpc) is 2.89. The Bertz CT molecular complexity index is 698. The second kappa shape index (κ2) is 11.1. The highest BCUT2D eigenvalue weighted by Crippen LogP contribution is 2.34. The number of halogens is 3. The van der Waals surface area contributed by atoms with Crippen LogP contribution in [0, 0.1) is 11.8 Å². The summed E-state index contributed by atoms with van der Waals surface area (Å²) in [6, 6.07) is -1.60. The Hall–Kier alpha value is -1.18. The molecule has 178 valence electrons. The zero-order valence-corrected chi connectivity index (χ0v) is 21.4. The summed E-state index contributed by atoms with van der Waals surface area (Å²) < 4.78 is 9.15. The van der Waals surface area contributed by atoms with Crippen molar-refractivity contribution in [3.63, 3.8) is 0 Å². The summed E-state index contributed by atoms with van der Waals surface area (Å²) in [6.45, 7) is 10.9. The molecule has 0 aromatic heterocycles. The van der Waals surface area contributed by atoms with Crippen molar-refractivity contribution in [1.82, 2.24) is 10.2 Å². The van der Waals surface area contributed by atoms with Crippen molar-refractivity contribution < 1.29 is 23.9 Å². The number of alkyl carbamates (subject to hydrolysis) is 1. The highest BCUT2D eigenvalue weighted by molar-refractivity contribution is 6.67. The predicted octanol–water partition coefficient (Wildman–Crippen LogP) is 4.98. The van der Waals surface area contributed by atoms with E-state index in [0.717, 1.165) is 4.90 Å². The Balaban J connectivity index is 3.18. The van der Waals surface area contributed by atoms with Gasteiger partial charge in [-0.05, 0) is 51.9 Å². The van der Waals surface area contributed by atoms with Crippen LogP contribution in [0.1, 0.15) is 60.8 Å². The van der Waals surface area contributed by atoms with Crippen molar-refractivity contribution in [1.29, 1.82) is 0 Å². The number of ether oxygens (including phenoxy) is 2. The summed E-state index contributed by atoms with van der Waals surface area (Å²) in [5, 5.41) is 2.62. The number of carbonyl (C=O) groups excluding carboxylic acids is 3. The lowest BCUT2D eigenvalue weighted by atomic mass is 9.94. The SMILES string of the molecule is COC1=CC(=O)N(C(=O)C(NC(=O)OC(C)(C)C)C(C)CCC(Cl)(Cl)Cl)C1CC(C)C. The molecule has 3 amide bonds. The van der Waals surface area contributed by atoms with Gasteiger partial charge in [0.2, 0.25) is 0 Å². The fourth-order valence-corrected chi connectivity index (χ4v) is 3.61. The Morgan fingerprint density at radius 2 is 1.77 bits per heavy atom. The third kappa shape index (κ3) is 9.07. The molecule has 10 heteroatoms. The van der Waals surface area contributed by atoms with E-state index in [-0.39, 0.29) is 12.3 Å². The first-order valence-electron chi connectivity index (χ1n) is 10.2. The van der Waals surface area contributed by atoms with Crippen LogP contribution in [0.2, 0.25) is 0 Å². The molecule has 3 atom stereocenters. The van der Waals surface area contributed by atoms with E-state index in [1.54, 1.807) is 27.7 Å². The first-order valence-corrected chi connectivity index (χ1v) is 11.4. The average molecular weight is 500 g/mol. The maximum absolute atomic E-state index is 13.5. The molecule has 0 aliphatic carbocycles. The molecule has 1 rings (SSSR count). The fraction of sp³-hybridized carbons (Fsp3) is 0.762. The highest BCUT2D eigenvalue weighted by Gasteiger charge is 2.43. The minimum absolute atomic E-state index is 0.170. The number of nitrogens with zero attached hydrogens (tertiary/aromatic N) is 1. The molecule has 0 bridgehead atoms. The minimum Gasteiger partial charge on any atom is -0.499 e. The van der Waals surface area contributed by atoms with Crippen LogP contribution < -0.4 is 5.32 Å². The van der Waals surface area contributed by atoms with Crippen molar-refractivity contribution in [2.75, 3.05) is 7.11 Å². The van der Waals surface area contributed by atoms with Gasteiger partial charge in [-0.25, -0.2) is 4.79 Å². The second-order valence-corrected chi connectivity index (χ2v) is 11.7. The topological polar surface area (TPSA) is 84.9 Å². The van der Waals surface area contributed by atoms with E-state index in [0.29, 0.717) is 18.6 Å². The number of amides is 3. The Morgan fingerprint density at radius 1 is 1.19 bits per heavy atom. The van der Waals surface area contributed by atoms with Gasteiger partial charge in [-0.3, -0.25) is 14.5 Å². The lowest BCUT2D eigenvalue weighted by molar-refractivity contribution is -0.145. The number of methoxy groups -OCH3 is 1. The van der Waals surface area contributed by atoms with Gasteiger partial charge in [0.15, 0.2) is 3.79 Å². The van der Waals surface area contributed by atoms with Crippen LogP contribution in [0.25, 0.3) is 0 Å². The van der Waals surface area contributed by atoms with Crippen LogP contribution in [0.5, 0.6) is 0 Å². The van der Waals surface area contributed by atoms with Crippen molar-refractivity contribution >= 4 is 52.7 Å². The molecule has 0 fully saturated rings. The largest absolute Gasteiger partial charge is 0.499 e. The van der Waals surface area contributed by atoms with E-state index < -0.39 is 45.3 Å². The molecule has 3 unspecified atom stereocenters. The van der Waals surface area contributed by atoms with E-state index in [2.05, 4.69) is 5.32 Å². The number of hydrogen-bond acceptors (Lipinski definition) is 5. The molecule has 0 aromatic rings. The summed E-state index contributed by atoms with van der Waals surface area (Å²) in [5.41, 5.74) is -0.757. The first-order chi connectivity index (χ1) is 14.1. The molecule has 0 saturated heterocycles.